The summed E-state index contributed by atoms with van der Waals surface area (Å²) >= 11 is 5.13. The Hall–Kier alpha value is -1.42. The van der Waals surface area contributed by atoms with Crippen molar-refractivity contribution in [3.63, 3.8) is 0 Å². The molecule has 112 valence electrons. The first-order valence-electron chi connectivity index (χ1n) is 7.95. The Labute approximate surface area is 131 Å². The molecule has 21 heavy (non-hydrogen) atoms. The summed E-state index contributed by atoms with van der Waals surface area (Å²) in [5.41, 5.74) is 8.08. The van der Waals surface area contributed by atoms with Crippen molar-refractivity contribution in [2.45, 2.75) is 51.5 Å². The van der Waals surface area contributed by atoms with E-state index in [0.717, 1.165) is 17.3 Å². The van der Waals surface area contributed by atoms with Crippen LogP contribution in [0.3, 0.4) is 0 Å². The van der Waals surface area contributed by atoms with E-state index in [9.17, 15) is 0 Å². The number of hydrogen-bond donors (Lipinski definition) is 1. The van der Waals surface area contributed by atoms with Crippen LogP contribution < -0.4 is 5.73 Å². The molecule has 0 aliphatic heterocycles. The minimum atomic E-state index is 0.524. The smallest absolute Gasteiger partial charge is 0.116 e. The summed E-state index contributed by atoms with van der Waals surface area (Å²) in [4.78, 5) is 5.32. The molecule has 0 spiro atoms. The Morgan fingerprint density at radius 2 is 2.10 bits per heavy atom. The lowest BCUT2D eigenvalue weighted by atomic mass is 9.82. The topological polar surface area (TPSA) is 43.8 Å². The highest BCUT2D eigenvalue weighted by Crippen LogP contribution is 2.38. The summed E-state index contributed by atoms with van der Waals surface area (Å²) in [6.07, 6.45) is 7.04. The molecule has 0 radical (unpaired) electrons. The van der Waals surface area contributed by atoms with Crippen molar-refractivity contribution in [2.24, 2.45) is 11.7 Å². The van der Waals surface area contributed by atoms with E-state index < -0.39 is 0 Å². The molecule has 2 N–H and O–H groups in total. The fourth-order valence-corrected chi connectivity index (χ4v) is 3.88. The van der Waals surface area contributed by atoms with E-state index in [2.05, 4.69) is 29.7 Å². The minimum Gasteiger partial charge on any atom is -0.393 e. The predicted molar refractivity (Wildman–Crippen MR) is 91.5 cm³/mol. The van der Waals surface area contributed by atoms with E-state index in [4.69, 9.17) is 22.9 Å². The number of imidazole rings is 1. The van der Waals surface area contributed by atoms with Crippen molar-refractivity contribution in [1.29, 1.82) is 0 Å². The molecule has 4 heteroatoms. The van der Waals surface area contributed by atoms with E-state index in [0.29, 0.717) is 17.5 Å². The molecule has 1 aliphatic carbocycles. The largest absolute Gasteiger partial charge is 0.393 e. The number of para-hydroxylation sites is 2. The minimum absolute atomic E-state index is 0.524. The van der Waals surface area contributed by atoms with Gasteiger partial charge in [-0.2, -0.15) is 0 Å². The molecule has 1 fully saturated rings. The number of thiocarbonyl (C=S) groups is 1. The second-order valence-corrected chi connectivity index (χ2v) is 6.57. The number of nitrogens with zero attached hydrogens (tertiary/aromatic N) is 2. The highest BCUT2D eigenvalue weighted by Gasteiger charge is 2.28. The molecule has 2 unspecified atom stereocenters. The molecule has 1 aromatic carbocycles. The number of fused-ring (bicyclic) bond motifs is 1. The molecular formula is C17H23N3S. The monoisotopic (exact) mass is 301 g/mol. The van der Waals surface area contributed by atoms with Crippen molar-refractivity contribution in [3.8, 4) is 0 Å². The van der Waals surface area contributed by atoms with Gasteiger partial charge in [-0.3, -0.25) is 0 Å². The molecule has 1 saturated carbocycles. The third-order valence-electron chi connectivity index (χ3n) is 4.73. The summed E-state index contributed by atoms with van der Waals surface area (Å²) in [6.45, 7) is 2.30. The highest BCUT2D eigenvalue weighted by atomic mass is 32.1. The van der Waals surface area contributed by atoms with Crippen molar-refractivity contribution in [2.75, 3.05) is 0 Å². The molecule has 1 aliphatic rings. The van der Waals surface area contributed by atoms with Crippen LogP contribution in [0.4, 0.5) is 0 Å². The molecule has 1 heterocycles. The Kier molecular flexibility index (Phi) is 4.24. The number of hydrogen-bond acceptors (Lipinski definition) is 2. The van der Waals surface area contributed by atoms with E-state index in [-0.39, 0.29) is 0 Å². The zero-order chi connectivity index (χ0) is 14.8. The quantitative estimate of drug-likeness (QED) is 0.868. The fourth-order valence-electron chi connectivity index (χ4n) is 3.75. The Morgan fingerprint density at radius 1 is 1.33 bits per heavy atom. The number of rotatable bonds is 4. The Morgan fingerprint density at radius 3 is 2.86 bits per heavy atom. The van der Waals surface area contributed by atoms with Crippen LogP contribution in [0, 0.1) is 5.92 Å². The fraction of sp³-hybridized carbons (Fsp3) is 0.529. The van der Waals surface area contributed by atoms with Crippen LogP contribution in [0.2, 0.25) is 0 Å². The van der Waals surface area contributed by atoms with Gasteiger partial charge >= 0.3 is 0 Å². The average Bonchev–Trinajstić information content (AvgIpc) is 2.84. The van der Waals surface area contributed by atoms with Gasteiger partial charge in [0.1, 0.15) is 5.82 Å². The Bertz CT molecular complexity index is 647. The van der Waals surface area contributed by atoms with E-state index in [1.54, 1.807) is 0 Å². The summed E-state index contributed by atoms with van der Waals surface area (Å²) in [6, 6.07) is 8.93. The van der Waals surface area contributed by atoms with Gasteiger partial charge in [-0.05, 0) is 30.9 Å². The van der Waals surface area contributed by atoms with Gasteiger partial charge < -0.3 is 10.3 Å². The van der Waals surface area contributed by atoms with Crippen LogP contribution in [0.25, 0.3) is 11.0 Å². The van der Waals surface area contributed by atoms with Crippen LogP contribution in [-0.4, -0.2) is 14.5 Å². The second kappa shape index (κ2) is 6.14. The van der Waals surface area contributed by atoms with Gasteiger partial charge in [-0.1, -0.05) is 50.5 Å². The van der Waals surface area contributed by atoms with E-state index in [1.165, 1.54) is 37.6 Å². The first-order valence-corrected chi connectivity index (χ1v) is 8.35. The molecule has 0 saturated heterocycles. The van der Waals surface area contributed by atoms with E-state index >= 15 is 0 Å². The standard InChI is InChI=1S/C17H23N3S/c1-2-12-7-3-5-9-14(12)20-15-10-6-4-8-13(15)19-17(20)11-16(18)21/h4,6,8,10,12,14H,2-3,5,7,9,11H2,1H3,(H2,18,21). The van der Waals surface area contributed by atoms with Crippen LogP contribution >= 0.6 is 12.2 Å². The van der Waals surface area contributed by atoms with Crippen molar-refractivity contribution < 1.29 is 0 Å². The first-order chi connectivity index (χ1) is 10.2. The van der Waals surface area contributed by atoms with Crippen LogP contribution in [0.5, 0.6) is 0 Å². The van der Waals surface area contributed by atoms with Crippen LogP contribution in [0.15, 0.2) is 24.3 Å². The van der Waals surface area contributed by atoms with Crippen molar-refractivity contribution in [1.82, 2.24) is 9.55 Å². The lowest BCUT2D eigenvalue weighted by Crippen LogP contribution is -2.26. The number of benzene rings is 1. The molecule has 0 bridgehead atoms. The van der Waals surface area contributed by atoms with Gasteiger partial charge in [0.15, 0.2) is 0 Å². The third kappa shape index (κ3) is 2.82. The molecule has 3 rings (SSSR count). The normalized spacial score (nSPS) is 22.5. The van der Waals surface area contributed by atoms with E-state index in [1.807, 2.05) is 6.07 Å². The lowest BCUT2D eigenvalue weighted by Gasteiger charge is -2.33. The summed E-state index contributed by atoms with van der Waals surface area (Å²) in [5, 5.41) is 0. The molecule has 2 atom stereocenters. The third-order valence-corrected chi connectivity index (χ3v) is 4.87. The number of nitrogens with two attached hydrogens (primary N) is 1. The molecule has 0 amide bonds. The number of aromatic nitrogens is 2. The molecular weight excluding hydrogens is 278 g/mol. The van der Waals surface area contributed by atoms with Gasteiger partial charge in [-0.15, -0.1) is 0 Å². The Balaban J connectivity index is 2.11. The van der Waals surface area contributed by atoms with Crippen molar-refractivity contribution in [3.05, 3.63) is 30.1 Å². The lowest BCUT2D eigenvalue weighted by molar-refractivity contribution is 0.233. The predicted octanol–water partition coefficient (Wildman–Crippen LogP) is 4.01. The second-order valence-electron chi connectivity index (χ2n) is 6.05. The van der Waals surface area contributed by atoms with Gasteiger partial charge in [0.25, 0.3) is 0 Å². The van der Waals surface area contributed by atoms with Crippen molar-refractivity contribution >= 4 is 28.2 Å². The molecule has 1 aromatic heterocycles. The van der Waals surface area contributed by atoms with Gasteiger partial charge in [0, 0.05) is 6.04 Å². The van der Waals surface area contributed by atoms with Gasteiger partial charge in [-0.25, -0.2) is 4.98 Å². The zero-order valence-corrected chi connectivity index (χ0v) is 13.4. The maximum atomic E-state index is 5.79. The highest BCUT2D eigenvalue weighted by molar-refractivity contribution is 7.80. The summed E-state index contributed by atoms with van der Waals surface area (Å²) < 4.78 is 2.43. The molecule has 2 aromatic rings. The van der Waals surface area contributed by atoms with Crippen LogP contribution in [0.1, 0.15) is 50.9 Å². The van der Waals surface area contributed by atoms with Gasteiger partial charge in [0.05, 0.1) is 22.4 Å². The van der Waals surface area contributed by atoms with Crippen LogP contribution in [-0.2, 0) is 6.42 Å². The average molecular weight is 301 g/mol. The summed E-state index contributed by atoms with van der Waals surface area (Å²) in [7, 11) is 0. The first kappa shape index (κ1) is 14.5. The zero-order valence-electron chi connectivity index (χ0n) is 12.6. The SMILES string of the molecule is CCC1CCCCC1n1c(CC(N)=S)nc2ccccc21. The maximum absolute atomic E-state index is 5.79. The summed E-state index contributed by atoms with van der Waals surface area (Å²) in [5.74, 6) is 1.77. The van der Waals surface area contributed by atoms with Gasteiger partial charge in [0.2, 0.25) is 0 Å². The maximum Gasteiger partial charge on any atom is 0.116 e. The molecule has 3 nitrogen and oxygen atoms in total.